The van der Waals surface area contributed by atoms with Gasteiger partial charge < -0.3 is 9.88 Å². The first-order valence-electron chi connectivity index (χ1n) is 7.61. The zero-order valence-electron chi connectivity index (χ0n) is 11.9. The van der Waals surface area contributed by atoms with Gasteiger partial charge in [0.1, 0.15) is 5.82 Å². The molecule has 1 aliphatic rings. The maximum absolute atomic E-state index is 4.63. The lowest BCUT2D eigenvalue weighted by atomic mass is 9.93. The number of hydrogen-bond acceptors (Lipinski definition) is 2. The first-order valence-corrected chi connectivity index (χ1v) is 7.61. The molecule has 102 valence electrons. The topological polar surface area (TPSA) is 29.9 Å². The third-order valence-electron chi connectivity index (χ3n) is 4.09. The summed E-state index contributed by atoms with van der Waals surface area (Å²) in [5, 5.41) is 3.75. The van der Waals surface area contributed by atoms with Crippen LogP contribution in [-0.4, -0.2) is 22.1 Å². The van der Waals surface area contributed by atoms with Crippen LogP contribution in [0.2, 0.25) is 0 Å². The van der Waals surface area contributed by atoms with Gasteiger partial charge in [0.2, 0.25) is 0 Å². The summed E-state index contributed by atoms with van der Waals surface area (Å²) < 4.78 is 2.32. The maximum Gasteiger partial charge on any atom is 0.113 e. The Labute approximate surface area is 111 Å². The third kappa shape index (κ3) is 3.14. The zero-order valence-corrected chi connectivity index (χ0v) is 11.9. The molecular weight excluding hydrogens is 222 g/mol. The molecule has 0 saturated heterocycles. The van der Waals surface area contributed by atoms with E-state index in [1.165, 1.54) is 44.3 Å². The molecule has 2 unspecified atom stereocenters. The van der Waals surface area contributed by atoms with Gasteiger partial charge in [-0.15, -0.1) is 0 Å². The maximum atomic E-state index is 4.63. The number of nitrogens with zero attached hydrogens (tertiary/aromatic N) is 2. The fraction of sp³-hybridized carbons (Fsp3) is 0.800. The average Bonchev–Trinajstić information content (AvgIpc) is 2.74. The van der Waals surface area contributed by atoms with E-state index in [1.54, 1.807) is 0 Å². The van der Waals surface area contributed by atoms with E-state index in [9.17, 15) is 0 Å². The van der Waals surface area contributed by atoms with Crippen molar-refractivity contribution >= 4 is 0 Å². The Hall–Kier alpha value is -0.830. The van der Waals surface area contributed by atoms with Gasteiger partial charge in [-0.05, 0) is 32.7 Å². The van der Waals surface area contributed by atoms with Crippen LogP contribution in [0.25, 0.3) is 0 Å². The van der Waals surface area contributed by atoms with Gasteiger partial charge in [0.05, 0.1) is 0 Å². The molecule has 0 spiro atoms. The van der Waals surface area contributed by atoms with Crippen LogP contribution in [0.1, 0.15) is 64.1 Å². The highest BCUT2D eigenvalue weighted by atomic mass is 15.1. The lowest BCUT2D eigenvalue weighted by Gasteiger charge is -2.26. The van der Waals surface area contributed by atoms with Crippen LogP contribution in [0.3, 0.4) is 0 Å². The highest BCUT2D eigenvalue weighted by Crippen LogP contribution is 2.31. The van der Waals surface area contributed by atoms with Crippen molar-refractivity contribution < 1.29 is 0 Å². The summed E-state index contributed by atoms with van der Waals surface area (Å²) in [6.07, 6.45) is 12.0. The summed E-state index contributed by atoms with van der Waals surface area (Å²) in [5.41, 5.74) is 0. The van der Waals surface area contributed by atoms with E-state index in [0.717, 1.165) is 13.1 Å². The monoisotopic (exact) mass is 249 g/mol. The molecule has 1 aliphatic carbocycles. The van der Waals surface area contributed by atoms with Crippen molar-refractivity contribution in [2.75, 3.05) is 6.54 Å². The molecule has 2 rings (SSSR count). The van der Waals surface area contributed by atoms with Crippen LogP contribution in [-0.2, 0) is 6.54 Å². The molecule has 1 fully saturated rings. The Morgan fingerprint density at radius 3 is 2.89 bits per heavy atom. The van der Waals surface area contributed by atoms with Crippen molar-refractivity contribution in [3.8, 4) is 0 Å². The molecule has 2 atom stereocenters. The average molecular weight is 249 g/mol. The Morgan fingerprint density at radius 1 is 1.28 bits per heavy atom. The largest absolute Gasteiger partial charge is 0.335 e. The van der Waals surface area contributed by atoms with Gasteiger partial charge in [-0.2, -0.15) is 0 Å². The van der Waals surface area contributed by atoms with Crippen molar-refractivity contribution in [3.63, 3.8) is 0 Å². The van der Waals surface area contributed by atoms with Crippen LogP contribution < -0.4 is 5.32 Å². The number of aromatic nitrogens is 2. The summed E-state index contributed by atoms with van der Waals surface area (Å²) in [6, 6.07) is 0.625. The summed E-state index contributed by atoms with van der Waals surface area (Å²) in [7, 11) is 0. The number of aryl methyl sites for hydroxylation is 1. The lowest BCUT2D eigenvalue weighted by molar-refractivity contribution is 0.389. The van der Waals surface area contributed by atoms with Crippen LogP contribution in [0.5, 0.6) is 0 Å². The minimum atomic E-state index is 0.606. The molecule has 3 heteroatoms. The fourth-order valence-electron chi connectivity index (χ4n) is 3.11. The Bertz CT molecular complexity index is 345. The van der Waals surface area contributed by atoms with Crippen molar-refractivity contribution in [1.29, 1.82) is 0 Å². The molecule has 1 aromatic heterocycles. The van der Waals surface area contributed by atoms with Gasteiger partial charge in [-0.25, -0.2) is 4.98 Å². The summed E-state index contributed by atoms with van der Waals surface area (Å²) in [6.45, 7) is 6.61. The third-order valence-corrected chi connectivity index (χ3v) is 4.09. The number of rotatable bonds is 5. The van der Waals surface area contributed by atoms with Crippen LogP contribution >= 0.6 is 0 Å². The normalized spacial score (nSPS) is 25.0. The molecule has 0 aliphatic heterocycles. The molecule has 3 nitrogen and oxygen atoms in total. The molecule has 0 bridgehead atoms. The van der Waals surface area contributed by atoms with E-state index < -0.39 is 0 Å². The van der Waals surface area contributed by atoms with E-state index in [-0.39, 0.29) is 0 Å². The van der Waals surface area contributed by atoms with Gasteiger partial charge in [0, 0.05) is 30.9 Å². The first kappa shape index (κ1) is 13.6. The predicted octanol–water partition coefficient (Wildman–Crippen LogP) is 3.32. The van der Waals surface area contributed by atoms with E-state index in [1.807, 2.05) is 6.20 Å². The second-order valence-electron chi connectivity index (χ2n) is 5.38. The SMILES string of the molecule is CCCNC1CCCCCC1c1nccn1CC. The highest BCUT2D eigenvalue weighted by molar-refractivity contribution is 5.05. The summed E-state index contributed by atoms with van der Waals surface area (Å²) >= 11 is 0. The molecule has 0 radical (unpaired) electrons. The summed E-state index contributed by atoms with van der Waals surface area (Å²) in [4.78, 5) is 4.63. The first-order chi connectivity index (χ1) is 8.86. The molecular formula is C15H27N3. The van der Waals surface area contributed by atoms with Crippen molar-refractivity contribution in [2.45, 2.75) is 70.9 Å². The molecule has 0 amide bonds. The minimum Gasteiger partial charge on any atom is -0.335 e. The van der Waals surface area contributed by atoms with Crippen molar-refractivity contribution in [1.82, 2.24) is 14.9 Å². The number of nitrogens with one attached hydrogen (secondary N) is 1. The van der Waals surface area contributed by atoms with Gasteiger partial charge >= 0.3 is 0 Å². The highest BCUT2D eigenvalue weighted by Gasteiger charge is 2.27. The Morgan fingerprint density at radius 2 is 2.11 bits per heavy atom. The van der Waals surface area contributed by atoms with Gasteiger partial charge in [0.15, 0.2) is 0 Å². The van der Waals surface area contributed by atoms with Crippen molar-refractivity contribution in [2.24, 2.45) is 0 Å². The zero-order chi connectivity index (χ0) is 12.8. The number of hydrogen-bond donors (Lipinski definition) is 1. The molecule has 1 saturated carbocycles. The standard InChI is InChI=1S/C15H27N3/c1-3-10-16-14-9-7-5-6-8-13(14)15-17-11-12-18(15)4-2/h11-14,16H,3-10H2,1-2H3. The Kier molecular flexibility index (Phi) is 5.24. The predicted molar refractivity (Wildman–Crippen MR) is 75.8 cm³/mol. The number of imidazole rings is 1. The summed E-state index contributed by atoms with van der Waals surface area (Å²) in [5.74, 6) is 1.90. The molecule has 1 N–H and O–H groups in total. The molecule has 18 heavy (non-hydrogen) atoms. The van der Waals surface area contributed by atoms with Gasteiger partial charge in [0.25, 0.3) is 0 Å². The van der Waals surface area contributed by atoms with Crippen LogP contribution in [0.15, 0.2) is 12.4 Å². The van der Waals surface area contributed by atoms with E-state index >= 15 is 0 Å². The molecule has 1 heterocycles. The lowest BCUT2D eigenvalue weighted by Crippen LogP contribution is -2.36. The van der Waals surface area contributed by atoms with Crippen LogP contribution in [0.4, 0.5) is 0 Å². The van der Waals surface area contributed by atoms with E-state index in [0.29, 0.717) is 12.0 Å². The van der Waals surface area contributed by atoms with Crippen molar-refractivity contribution in [3.05, 3.63) is 18.2 Å². The smallest absolute Gasteiger partial charge is 0.113 e. The fourth-order valence-corrected chi connectivity index (χ4v) is 3.11. The quantitative estimate of drug-likeness (QED) is 0.811. The van der Waals surface area contributed by atoms with E-state index in [2.05, 4.69) is 34.9 Å². The van der Waals surface area contributed by atoms with E-state index in [4.69, 9.17) is 0 Å². The second kappa shape index (κ2) is 6.93. The second-order valence-corrected chi connectivity index (χ2v) is 5.38. The van der Waals surface area contributed by atoms with Gasteiger partial charge in [-0.3, -0.25) is 0 Å². The molecule has 1 aromatic rings. The Balaban J connectivity index is 2.14. The minimum absolute atomic E-state index is 0.606. The van der Waals surface area contributed by atoms with Crippen LogP contribution in [0, 0.1) is 0 Å². The van der Waals surface area contributed by atoms with Gasteiger partial charge in [-0.1, -0.05) is 26.2 Å². The molecule has 0 aromatic carbocycles.